The molecule has 3 rings (SSSR count). The molecule has 0 unspecified atom stereocenters. The van der Waals surface area contributed by atoms with Crippen molar-refractivity contribution in [2.45, 2.75) is 19.7 Å². The van der Waals surface area contributed by atoms with E-state index >= 15 is 0 Å². The number of amides is 1. The van der Waals surface area contributed by atoms with Gasteiger partial charge in [0.1, 0.15) is 12.4 Å². The fourth-order valence-corrected chi connectivity index (χ4v) is 2.65. The fourth-order valence-electron chi connectivity index (χ4n) is 2.65. The highest BCUT2D eigenvalue weighted by Crippen LogP contribution is 2.35. The Bertz CT molecular complexity index is 1010. The number of carbonyl (C=O) groups is 1. The zero-order chi connectivity index (χ0) is 21.0. The molecule has 9 heteroatoms. The molecule has 1 heterocycles. The Morgan fingerprint density at radius 3 is 2.45 bits per heavy atom. The number of aromatic nitrogens is 1. The number of rotatable bonds is 6. The minimum atomic E-state index is -4.61. The van der Waals surface area contributed by atoms with Crippen molar-refractivity contribution in [2.24, 2.45) is 0 Å². The number of anilines is 1. The standard InChI is InChI=1S/C20H17F3N2O4/c1-12-13(11-28-17-10-6-5-9-16(17)27-2)18(25-29-12)19(26)24-15-8-4-3-7-14(15)20(21,22)23/h3-10H,11H2,1-2H3,(H,24,26). The first-order valence-corrected chi connectivity index (χ1v) is 8.49. The maximum absolute atomic E-state index is 13.1. The van der Waals surface area contributed by atoms with Crippen LogP contribution in [0.15, 0.2) is 53.1 Å². The van der Waals surface area contributed by atoms with Crippen molar-refractivity contribution in [3.05, 3.63) is 71.1 Å². The van der Waals surface area contributed by atoms with E-state index in [0.717, 1.165) is 6.07 Å². The first-order chi connectivity index (χ1) is 13.8. The van der Waals surface area contributed by atoms with Gasteiger partial charge in [0.05, 0.1) is 23.9 Å². The number of para-hydroxylation sites is 3. The van der Waals surface area contributed by atoms with Gasteiger partial charge in [-0.25, -0.2) is 0 Å². The van der Waals surface area contributed by atoms with Gasteiger partial charge in [-0.15, -0.1) is 0 Å². The van der Waals surface area contributed by atoms with Crippen LogP contribution in [0.25, 0.3) is 0 Å². The molecule has 0 saturated carbocycles. The summed E-state index contributed by atoms with van der Waals surface area (Å²) in [5.74, 6) is 0.405. The van der Waals surface area contributed by atoms with E-state index in [2.05, 4.69) is 10.5 Å². The van der Waals surface area contributed by atoms with Gasteiger partial charge in [0.2, 0.25) is 0 Å². The van der Waals surface area contributed by atoms with Crippen LogP contribution in [0.5, 0.6) is 11.5 Å². The number of alkyl halides is 3. The molecule has 2 aromatic carbocycles. The van der Waals surface area contributed by atoms with Gasteiger partial charge in [-0.05, 0) is 31.2 Å². The lowest BCUT2D eigenvalue weighted by Crippen LogP contribution is -2.18. The summed E-state index contributed by atoms with van der Waals surface area (Å²) >= 11 is 0. The molecule has 0 aliphatic carbocycles. The van der Waals surface area contributed by atoms with Crippen LogP contribution in [0.3, 0.4) is 0 Å². The Morgan fingerprint density at radius 2 is 1.76 bits per heavy atom. The van der Waals surface area contributed by atoms with Gasteiger partial charge in [0.15, 0.2) is 17.2 Å². The summed E-state index contributed by atoms with van der Waals surface area (Å²) in [5, 5.41) is 5.93. The molecule has 1 aromatic heterocycles. The second kappa shape index (κ2) is 8.26. The van der Waals surface area contributed by atoms with Crippen LogP contribution in [-0.2, 0) is 12.8 Å². The number of methoxy groups -OCH3 is 1. The molecule has 1 amide bonds. The molecule has 0 saturated heterocycles. The number of hydrogen-bond donors (Lipinski definition) is 1. The Labute approximate surface area is 164 Å². The third-order valence-corrected chi connectivity index (χ3v) is 4.12. The van der Waals surface area contributed by atoms with E-state index < -0.39 is 17.6 Å². The minimum Gasteiger partial charge on any atom is -0.493 e. The monoisotopic (exact) mass is 406 g/mol. The van der Waals surface area contributed by atoms with Crippen molar-refractivity contribution in [1.29, 1.82) is 0 Å². The summed E-state index contributed by atoms with van der Waals surface area (Å²) in [6.07, 6.45) is -4.61. The topological polar surface area (TPSA) is 73.6 Å². The second-order valence-electron chi connectivity index (χ2n) is 6.00. The van der Waals surface area contributed by atoms with Gasteiger partial charge in [0, 0.05) is 0 Å². The van der Waals surface area contributed by atoms with E-state index in [4.69, 9.17) is 14.0 Å². The maximum atomic E-state index is 13.1. The summed E-state index contributed by atoms with van der Waals surface area (Å²) in [4.78, 5) is 12.6. The Kier molecular flexibility index (Phi) is 5.76. The molecule has 1 N–H and O–H groups in total. The van der Waals surface area contributed by atoms with E-state index in [1.807, 2.05) is 0 Å². The lowest BCUT2D eigenvalue weighted by atomic mass is 10.1. The molecule has 152 valence electrons. The molecule has 6 nitrogen and oxygen atoms in total. The van der Waals surface area contributed by atoms with Crippen LogP contribution in [0.1, 0.15) is 27.4 Å². The second-order valence-corrected chi connectivity index (χ2v) is 6.00. The lowest BCUT2D eigenvalue weighted by Gasteiger charge is -2.13. The highest BCUT2D eigenvalue weighted by molar-refractivity contribution is 6.04. The van der Waals surface area contributed by atoms with E-state index in [0.29, 0.717) is 22.8 Å². The van der Waals surface area contributed by atoms with Crippen LogP contribution < -0.4 is 14.8 Å². The predicted molar refractivity (Wildman–Crippen MR) is 98.0 cm³/mol. The SMILES string of the molecule is COc1ccccc1OCc1c(C(=O)Nc2ccccc2C(F)(F)F)noc1C. The van der Waals surface area contributed by atoms with Crippen LogP contribution in [0.2, 0.25) is 0 Å². The van der Waals surface area contributed by atoms with Crippen LogP contribution in [0, 0.1) is 6.92 Å². The largest absolute Gasteiger partial charge is 0.493 e. The summed E-state index contributed by atoms with van der Waals surface area (Å²) in [5.41, 5.74) is -1.17. The van der Waals surface area contributed by atoms with Crippen molar-refractivity contribution in [3.8, 4) is 11.5 Å². The predicted octanol–water partition coefficient (Wildman–Crippen LogP) is 4.84. The molecule has 0 aliphatic heterocycles. The number of nitrogens with one attached hydrogen (secondary N) is 1. The number of hydrogen-bond acceptors (Lipinski definition) is 5. The lowest BCUT2D eigenvalue weighted by molar-refractivity contribution is -0.136. The van der Waals surface area contributed by atoms with Crippen molar-refractivity contribution in [3.63, 3.8) is 0 Å². The molecule has 0 bridgehead atoms. The van der Waals surface area contributed by atoms with Crippen molar-refractivity contribution in [2.75, 3.05) is 12.4 Å². The number of aryl methyl sites for hydroxylation is 1. The molecular formula is C20H17F3N2O4. The van der Waals surface area contributed by atoms with E-state index in [1.54, 1.807) is 31.2 Å². The van der Waals surface area contributed by atoms with E-state index in [9.17, 15) is 18.0 Å². The van der Waals surface area contributed by atoms with Gasteiger partial charge in [-0.1, -0.05) is 29.4 Å². The van der Waals surface area contributed by atoms with Gasteiger partial charge in [-0.3, -0.25) is 4.79 Å². The fraction of sp³-hybridized carbons (Fsp3) is 0.200. The zero-order valence-corrected chi connectivity index (χ0v) is 15.5. The first kappa shape index (κ1) is 20.2. The average Bonchev–Trinajstić information content (AvgIpc) is 3.06. The quantitative estimate of drug-likeness (QED) is 0.634. The number of carbonyl (C=O) groups excluding carboxylic acids is 1. The van der Waals surface area contributed by atoms with Gasteiger partial charge in [-0.2, -0.15) is 13.2 Å². The molecule has 0 radical (unpaired) electrons. The number of benzene rings is 2. The molecule has 0 atom stereocenters. The molecule has 0 fully saturated rings. The highest BCUT2D eigenvalue weighted by atomic mass is 19.4. The van der Waals surface area contributed by atoms with E-state index in [-0.39, 0.29) is 18.0 Å². The molecule has 0 spiro atoms. The average molecular weight is 406 g/mol. The smallest absolute Gasteiger partial charge is 0.418 e. The molecule has 29 heavy (non-hydrogen) atoms. The van der Waals surface area contributed by atoms with Crippen LogP contribution >= 0.6 is 0 Å². The van der Waals surface area contributed by atoms with Crippen molar-refractivity contribution >= 4 is 11.6 Å². The normalized spacial score (nSPS) is 11.2. The van der Waals surface area contributed by atoms with Gasteiger partial charge >= 0.3 is 6.18 Å². The summed E-state index contributed by atoms with van der Waals surface area (Å²) < 4.78 is 55.4. The third kappa shape index (κ3) is 4.50. The molecule has 3 aromatic rings. The first-order valence-electron chi connectivity index (χ1n) is 8.49. The van der Waals surface area contributed by atoms with E-state index in [1.165, 1.54) is 25.3 Å². The third-order valence-electron chi connectivity index (χ3n) is 4.12. The Morgan fingerprint density at radius 1 is 1.10 bits per heavy atom. The van der Waals surface area contributed by atoms with Crippen LogP contribution in [0.4, 0.5) is 18.9 Å². The summed E-state index contributed by atoms with van der Waals surface area (Å²) in [7, 11) is 1.49. The van der Waals surface area contributed by atoms with Gasteiger partial charge < -0.3 is 19.3 Å². The van der Waals surface area contributed by atoms with Crippen molar-refractivity contribution < 1.29 is 32.0 Å². The maximum Gasteiger partial charge on any atom is 0.418 e. The number of nitrogens with zero attached hydrogens (tertiary/aromatic N) is 1. The number of halogens is 3. The summed E-state index contributed by atoms with van der Waals surface area (Å²) in [6, 6.07) is 11.6. The van der Waals surface area contributed by atoms with Crippen molar-refractivity contribution in [1.82, 2.24) is 5.16 Å². The summed E-state index contributed by atoms with van der Waals surface area (Å²) in [6.45, 7) is 1.49. The van der Waals surface area contributed by atoms with Crippen LogP contribution in [-0.4, -0.2) is 18.2 Å². The Balaban J connectivity index is 1.82. The zero-order valence-electron chi connectivity index (χ0n) is 15.5. The van der Waals surface area contributed by atoms with Gasteiger partial charge in [0.25, 0.3) is 5.91 Å². The molecule has 0 aliphatic rings. The highest BCUT2D eigenvalue weighted by Gasteiger charge is 2.34. The number of ether oxygens (including phenoxy) is 2. The minimum absolute atomic E-state index is 0.0840. The molecular weight excluding hydrogens is 389 g/mol. The Hall–Kier alpha value is -3.49.